The van der Waals surface area contributed by atoms with E-state index in [1.807, 2.05) is 0 Å². The molecule has 110 valence electrons. The van der Waals surface area contributed by atoms with E-state index < -0.39 is 44.3 Å². The van der Waals surface area contributed by atoms with Crippen LogP contribution in [-0.4, -0.2) is 32.3 Å². The minimum atomic E-state index is -3.99. The van der Waals surface area contributed by atoms with Gasteiger partial charge in [0, 0.05) is 18.8 Å². The molecule has 2 rings (SSSR count). The Morgan fingerprint density at radius 1 is 1.35 bits per heavy atom. The molecule has 5 nitrogen and oxygen atoms in total. The molecule has 2 N–H and O–H groups in total. The number of benzene rings is 1. The first-order valence-electron chi connectivity index (χ1n) is 5.85. The quantitative estimate of drug-likeness (QED) is 0.874. The van der Waals surface area contributed by atoms with Crippen molar-refractivity contribution in [3.05, 3.63) is 29.3 Å². The summed E-state index contributed by atoms with van der Waals surface area (Å²) in [6, 6.07) is 1.36. The summed E-state index contributed by atoms with van der Waals surface area (Å²) in [5.41, 5.74) is 0.205. The average molecular weight is 305 g/mol. The van der Waals surface area contributed by atoms with Crippen LogP contribution in [0.3, 0.4) is 0 Å². The molecule has 1 heterocycles. The average Bonchev–Trinajstić information content (AvgIpc) is 2.74. The third-order valence-electron chi connectivity index (χ3n) is 3.27. The van der Waals surface area contributed by atoms with Crippen LogP contribution in [0.4, 0.5) is 8.78 Å². The summed E-state index contributed by atoms with van der Waals surface area (Å²) in [5.74, 6) is -3.93. The number of sulfone groups is 1. The summed E-state index contributed by atoms with van der Waals surface area (Å²) < 4.78 is 50.1. The van der Waals surface area contributed by atoms with Gasteiger partial charge in [-0.1, -0.05) is 0 Å². The fraction of sp³-hybridized carbons (Fsp3) is 0.417. The normalized spacial score (nSPS) is 22.9. The van der Waals surface area contributed by atoms with Gasteiger partial charge in [0.05, 0.1) is 5.92 Å². The summed E-state index contributed by atoms with van der Waals surface area (Å²) in [6.07, 6.45) is 0.925. The number of hydrogen-bond donors (Lipinski definition) is 2. The van der Waals surface area contributed by atoms with Gasteiger partial charge in [0.15, 0.2) is 9.84 Å². The van der Waals surface area contributed by atoms with Gasteiger partial charge < -0.3 is 10.4 Å². The molecular formula is C12H13F2NO4S. The molecule has 0 aromatic heterocycles. The highest BCUT2D eigenvalue weighted by Crippen LogP contribution is 2.30. The lowest BCUT2D eigenvalue weighted by molar-refractivity contribution is -0.141. The smallest absolute Gasteiger partial charge is 0.307 e. The van der Waals surface area contributed by atoms with Crippen molar-refractivity contribution in [1.29, 1.82) is 0 Å². The summed E-state index contributed by atoms with van der Waals surface area (Å²) >= 11 is 0. The lowest BCUT2D eigenvalue weighted by Crippen LogP contribution is -2.17. The lowest BCUT2D eigenvalue weighted by Gasteiger charge is -2.12. The Labute approximate surface area is 114 Å². The standard InChI is InChI=1S/C12H13F2NO4S/c1-20(18,19)11-8(13)2-6(3-9(11)14)10-4-7(5-15-10)12(16)17/h2-3,7,10,15H,4-5H2,1H3,(H,16,17). The molecule has 0 aliphatic carbocycles. The van der Waals surface area contributed by atoms with Crippen molar-refractivity contribution in [2.75, 3.05) is 12.8 Å². The largest absolute Gasteiger partial charge is 0.481 e. The predicted molar refractivity (Wildman–Crippen MR) is 66.0 cm³/mol. The second-order valence-corrected chi connectivity index (χ2v) is 6.77. The fourth-order valence-electron chi connectivity index (χ4n) is 2.31. The molecule has 0 bridgehead atoms. The number of hydrogen-bond acceptors (Lipinski definition) is 4. The predicted octanol–water partition coefficient (Wildman–Crippen LogP) is 1.10. The van der Waals surface area contributed by atoms with Crippen LogP contribution < -0.4 is 5.32 Å². The van der Waals surface area contributed by atoms with E-state index in [4.69, 9.17) is 5.11 Å². The third-order valence-corrected chi connectivity index (χ3v) is 4.41. The maximum Gasteiger partial charge on any atom is 0.307 e. The lowest BCUT2D eigenvalue weighted by atomic mass is 10.00. The molecule has 0 spiro atoms. The van der Waals surface area contributed by atoms with Gasteiger partial charge >= 0.3 is 5.97 Å². The van der Waals surface area contributed by atoms with E-state index in [0.717, 1.165) is 18.4 Å². The van der Waals surface area contributed by atoms with Crippen molar-refractivity contribution in [1.82, 2.24) is 5.32 Å². The molecule has 1 aromatic rings. The molecule has 2 unspecified atom stereocenters. The van der Waals surface area contributed by atoms with Gasteiger partial charge in [-0.25, -0.2) is 17.2 Å². The van der Waals surface area contributed by atoms with E-state index in [0.29, 0.717) is 0 Å². The first kappa shape index (κ1) is 14.9. The molecule has 20 heavy (non-hydrogen) atoms. The molecule has 2 atom stereocenters. The van der Waals surface area contributed by atoms with E-state index in [1.54, 1.807) is 0 Å². The van der Waals surface area contributed by atoms with Crippen LogP contribution in [0, 0.1) is 17.6 Å². The van der Waals surface area contributed by atoms with E-state index >= 15 is 0 Å². The second-order valence-electron chi connectivity index (χ2n) is 4.82. The first-order valence-corrected chi connectivity index (χ1v) is 7.74. The van der Waals surface area contributed by atoms with Gasteiger partial charge in [-0.2, -0.15) is 0 Å². The van der Waals surface area contributed by atoms with Crippen LogP contribution in [0.25, 0.3) is 0 Å². The zero-order chi connectivity index (χ0) is 15.1. The van der Waals surface area contributed by atoms with Crippen LogP contribution in [0.15, 0.2) is 17.0 Å². The number of rotatable bonds is 3. The Hall–Kier alpha value is -1.54. The van der Waals surface area contributed by atoms with Crippen molar-refractivity contribution in [3.63, 3.8) is 0 Å². The molecule has 1 aliphatic rings. The maximum absolute atomic E-state index is 13.8. The molecule has 0 amide bonds. The van der Waals surface area contributed by atoms with Crippen LogP contribution in [-0.2, 0) is 14.6 Å². The molecule has 0 radical (unpaired) electrons. The van der Waals surface area contributed by atoms with E-state index in [2.05, 4.69) is 5.32 Å². The van der Waals surface area contributed by atoms with E-state index in [9.17, 15) is 22.0 Å². The highest BCUT2D eigenvalue weighted by molar-refractivity contribution is 7.90. The zero-order valence-electron chi connectivity index (χ0n) is 10.6. The molecule has 1 aliphatic heterocycles. The molecule has 1 fully saturated rings. The number of aliphatic carboxylic acids is 1. The fourth-order valence-corrected chi connectivity index (χ4v) is 3.14. The minimum absolute atomic E-state index is 0.201. The molecule has 0 saturated carbocycles. The Bertz CT molecular complexity index is 636. The van der Waals surface area contributed by atoms with Gasteiger partial charge in [0.2, 0.25) is 0 Å². The number of carboxylic acid groups (broad SMARTS) is 1. The molecule has 1 aromatic carbocycles. The number of halogens is 2. The summed E-state index contributed by atoms with van der Waals surface area (Å²) in [4.78, 5) is 9.87. The molecule has 1 saturated heterocycles. The highest BCUT2D eigenvalue weighted by atomic mass is 32.2. The minimum Gasteiger partial charge on any atom is -0.481 e. The third kappa shape index (κ3) is 2.80. The summed E-state index contributed by atoms with van der Waals surface area (Å²) in [6.45, 7) is 0.205. The van der Waals surface area contributed by atoms with E-state index in [-0.39, 0.29) is 18.5 Å². The van der Waals surface area contributed by atoms with Crippen molar-refractivity contribution in [2.24, 2.45) is 5.92 Å². The Morgan fingerprint density at radius 3 is 2.30 bits per heavy atom. The van der Waals surface area contributed by atoms with Crippen molar-refractivity contribution in [3.8, 4) is 0 Å². The maximum atomic E-state index is 13.8. The summed E-state index contributed by atoms with van der Waals surface area (Å²) in [7, 11) is -3.99. The van der Waals surface area contributed by atoms with Crippen molar-refractivity contribution in [2.45, 2.75) is 17.4 Å². The highest BCUT2D eigenvalue weighted by Gasteiger charge is 2.31. The van der Waals surface area contributed by atoms with Gasteiger partial charge in [0.1, 0.15) is 16.5 Å². The topological polar surface area (TPSA) is 83.5 Å². The van der Waals surface area contributed by atoms with E-state index in [1.165, 1.54) is 0 Å². The van der Waals surface area contributed by atoms with Gasteiger partial charge in [-0.05, 0) is 24.1 Å². The molecular weight excluding hydrogens is 292 g/mol. The first-order chi connectivity index (χ1) is 9.20. The number of carboxylic acids is 1. The second kappa shape index (κ2) is 5.10. The van der Waals surface area contributed by atoms with Crippen LogP contribution >= 0.6 is 0 Å². The van der Waals surface area contributed by atoms with Gasteiger partial charge in [-0.15, -0.1) is 0 Å². The Kier molecular flexibility index (Phi) is 3.79. The number of nitrogens with one attached hydrogen (secondary N) is 1. The zero-order valence-corrected chi connectivity index (χ0v) is 11.4. The van der Waals surface area contributed by atoms with Crippen LogP contribution in [0.2, 0.25) is 0 Å². The van der Waals surface area contributed by atoms with Crippen molar-refractivity contribution < 1.29 is 27.1 Å². The Morgan fingerprint density at radius 2 is 1.90 bits per heavy atom. The SMILES string of the molecule is CS(=O)(=O)c1c(F)cc(C2CC(C(=O)O)CN2)cc1F. The number of carbonyl (C=O) groups is 1. The van der Waals surface area contributed by atoms with Gasteiger partial charge in [0.25, 0.3) is 0 Å². The monoisotopic (exact) mass is 305 g/mol. The van der Waals surface area contributed by atoms with Crippen LogP contribution in [0.1, 0.15) is 18.0 Å². The van der Waals surface area contributed by atoms with Gasteiger partial charge in [-0.3, -0.25) is 4.79 Å². The van der Waals surface area contributed by atoms with Crippen LogP contribution in [0.5, 0.6) is 0 Å². The molecule has 8 heteroatoms. The Balaban J connectivity index is 2.35. The summed E-state index contributed by atoms with van der Waals surface area (Å²) in [5, 5.41) is 11.7. The van der Waals surface area contributed by atoms with Crippen molar-refractivity contribution >= 4 is 15.8 Å².